The summed E-state index contributed by atoms with van der Waals surface area (Å²) in [5.41, 5.74) is -0.0602. The van der Waals surface area contributed by atoms with E-state index in [1.165, 1.54) is 24.3 Å². The highest BCUT2D eigenvalue weighted by molar-refractivity contribution is 5.19. The standard InChI is InChI=1S/C8H8F3N/c1-8(9,12(10)11)7-5-3-2-4-6-7/h2-6H,1H3. The minimum absolute atomic E-state index is 0.0602. The Hall–Kier alpha value is -1.03. The van der Waals surface area contributed by atoms with Gasteiger partial charge in [-0.1, -0.05) is 39.3 Å². The summed E-state index contributed by atoms with van der Waals surface area (Å²) in [6, 6.07) is 7.28. The molecule has 0 fully saturated rings. The highest BCUT2D eigenvalue weighted by atomic mass is 19.4. The first-order chi connectivity index (χ1) is 5.55. The van der Waals surface area contributed by atoms with E-state index in [0.717, 1.165) is 6.92 Å². The van der Waals surface area contributed by atoms with Crippen LogP contribution in [0.4, 0.5) is 13.4 Å². The topological polar surface area (TPSA) is 3.24 Å². The first kappa shape index (κ1) is 9.06. The van der Waals surface area contributed by atoms with Crippen molar-refractivity contribution in [2.24, 2.45) is 0 Å². The van der Waals surface area contributed by atoms with Gasteiger partial charge in [0.1, 0.15) is 0 Å². The Morgan fingerprint density at radius 3 is 2.08 bits per heavy atom. The van der Waals surface area contributed by atoms with Crippen molar-refractivity contribution in [3.8, 4) is 0 Å². The molecule has 0 radical (unpaired) electrons. The molecular weight excluding hydrogens is 167 g/mol. The lowest BCUT2D eigenvalue weighted by molar-refractivity contribution is -0.278. The van der Waals surface area contributed by atoms with Crippen LogP contribution in [0.1, 0.15) is 12.5 Å². The molecule has 0 aliphatic rings. The van der Waals surface area contributed by atoms with Crippen molar-refractivity contribution < 1.29 is 13.4 Å². The Bertz CT molecular complexity index is 246. The molecule has 0 amide bonds. The van der Waals surface area contributed by atoms with Gasteiger partial charge in [-0.25, -0.2) is 4.39 Å². The van der Waals surface area contributed by atoms with Crippen LogP contribution < -0.4 is 0 Å². The lowest BCUT2D eigenvalue weighted by Crippen LogP contribution is -2.27. The second-order valence-electron chi connectivity index (χ2n) is 2.55. The first-order valence-corrected chi connectivity index (χ1v) is 3.41. The molecule has 0 heterocycles. The Balaban J connectivity index is 2.98. The Morgan fingerprint density at radius 1 is 1.17 bits per heavy atom. The van der Waals surface area contributed by atoms with Gasteiger partial charge in [-0.2, -0.15) is 0 Å². The lowest BCUT2D eigenvalue weighted by atomic mass is 10.1. The third-order valence-corrected chi connectivity index (χ3v) is 1.62. The average molecular weight is 175 g/mol. The zero-order valence-electron chi connectivity index (χ0n) is 6.47. The van der Waals surface area contributed by atoms with Gasteiger partial charge >= 0.3 is 0 Å². The summed E-state index contributed by atoms with van der Waals surface area (Å²) in [5, 5.41) is -1.44. The van der Waals surface area contributed by atoms with E-state index in [1.807, 2.05) is 0 Å². The third-order valence-electron chi connectivity index (χ3n) is 1.62. The minimum Gasteiger partial charge on any atom is -0.216 e. The van der Waals surface area contributed by atoms with E-state index in [0.29, 0.717) is 0 Å². The summed E-state index contributed by atoms with van der Waals surface area (Å²) >= 11 is 0. The Labute approximate surface area is 68.3 Å². The van der Waals surface area contributed by atoms with E-state index in [-0.39, 0.29) is 5.56 Å². The molecule has 0 saturated heterocycles. The van der Waals surface area contributed by atoms with Gasteiger partial charge in [0.2, 0.25) is 5.79 Å². The molecule has 1 rings (SSSR count). The van der Waals surface area contributed by atoms with E-state index in [2.05, 4.69) is 0 Å². The summed E-state index contributed by atoms with van der Waals surface area (Å²) in [6.45, 7) is 0.808. The van der Waals surface area contributed by atoms with Gasteiger partial charge in [0.05, 0.1) is 5.34 Å². The molecule has 4 heteroatoms. The maximum atomic E-state index is 13.1. The SMILES string of the molecule is CC(F)(c1ccccc1)N(F)F. The van der Waals surface area contributed by atoms with Crippen LogP contribution in [0.2, 0.25) is 0 Å². The second kappa shape index (κ2) is 3.15. The van der Waals surface area contributed by atoms with E-state index in [4.69, 9.17) is 0 Å². The summed E-state index contributed by atoms with van der Waals surface area (Å²) in [6.07, 6.45) is 0. The molecule has 0 saturated carbocycles. The number of nitrogens with zero attached hydrogens (tertiary/aromatic N) is 1. The number of halogens is 3. The zero-order chi connectivity index (χ0) is 9.19. The molecule has 0 bridgehead atoms. The molecule has 0 aliphatic carbocycles. The molecule has 66 valence electrons. The molecule has 1 aromatic rings. The molecule has 0 aliphatic heterocycles. The normalized spacial score (nSPS) is 16.1. The smallest absolute Gasteiger partial charge is 0.216 e. The fourth-order valence-electron chi connectivity index (χ4n) is 0.840. The molecule has 0 aromatic heterocycles. The van der Waals surface area contributed by atoms with Crippen molar-refractivity contribution in [2.45, 2.75) is 12.7 Å². The Kier molecular flexibility index (Phi) is 2.38. The fraction of sp³-hybridized carbons (Fsp3) is 0.250. The van der Waals surface area contributed by atoms with Crippen LogP contribution in [0.3, 0.4) is 0 Å². The summed E-state index contributed by atoms with van der Waals surface area (Å²) in [7, 11) is 0. The van der Waals surface area contributed by atoms with Crippen LogP contribution in [0.15, 0.2) is 30.3 Å². The average Bonchev–Trinajstić information content (AvgIpc) is 2.06. The van der Waals surface area contributed by atoms with Crippen molar-refractivity contribution in [2.75, 3.05) is 0 Å². The van der Waals surface area contributed by atoms with Crippen LogP contribution in [0.25, 0.3) is 0 Å². The second-order valence-corrected chi connectivity index (χ2v) is 2.55. The number of hydrogen-bond donors (Lipinski definition) is 0. The Morgan fingerprint density at radius 2 is 1.67 bits per heavy atom. The quantitative estimate of drug-likeness (QED) is 0.493. The zero-order valence-corrected chi connectivity index (χ0v) is 6.47. The van der Waals surface area contributed by atoms with Crippen LogP contribution in [0.5, 0.6) is 0 Å². The van der Waals surface area contributed by atoms with Crippen LogP contribution in [-0.4, -0.2) is 5.34 Å². The van der Waals surface area contributed by atoms with Crippen molar-refractivity contribution in [3.63, 3.8) is 0 Å². The van der Waals surface area contributed by atoms with Crippen LogP contribution in [0, 0.1) is 0 Å². The lowest BCUT2D eigenvalue weighted by Gasteiger charge is -2.19. The number of rotatable bonds is 2. The maximum Gasteiger partial charge on any atom is 0.244 e. The monoisotopic (exact) mass is 175 g/mol. The van der Waals surface area contributed by atoms with Gasteiger partial charge < -0.3 is 0 Å². The van der Waals surface area contributed by atoms with Crippen LogP contribution in [-0.2, 0) is 5.79 Å². The van der Waals surface area contributed by atoms with Gasteiger partial charge in [-0.05, 0) is 6.92 Å². The molecular formula is C8H8F3N. The molecule has 1 aromatic carbocycles. The van der Waals surface area contributed by atoms with E-state index >= 15 is 0 Å². The van der Waals surface area contributed by atoms with E-state index in [1.54, 1.807) is 6.07 Å². The van der Waals surface area contributed by atoms with Crippen molar-refractivity contribution >= 4 is 0 Å². The molecule has 1 unspecified atom stereocenters. The predicted molar refractivity (Wildman–Crippen MR) is 39.0 cm³/mol. The number of benzene rings is 1. The summed E-state index contributed by atoms with van der Waals surface area (Å²) in [5.74, 6) is -2.71. The summed E-state index contributed by atoms with van der Waals surface area (Å²) in [4.78, 5) is 0. The number of alkyl halides is 1. The number of hydrogen-bond acceptors (Lipinski definition) is 1. The molecule has 1 nitrogen and oxygen atoms in total. The van der Waals surface area contributed by atoms with Gasteiger partial charge in [0.25, 0.3) is 0 Å². The predicted octanol–water partition coefficient (Wildman–Crippen LogP) is 2.90. The van der Waals surface area contributed by atoms with Crippen molar-refractivity contribution in [3.05, 3.63) is 35.9 Å². The fourth-order valence-corrected chi connectivity index (χ4v) is 0.840. The maximum absolute atomic E-state index is 13.1. The summed E-state index contributed by atoms with van der Waals surface area (Å²) < 4.78 is 37.0. The molecule has 0 spiro atoms. The molecule has 12 heavy (non-hydrogen) atoms. The van der Waals surface area contributed by atoms with Gasteiger partial charge in [0, 0.05) is 5.56 Å². The molecule has 1 atom stereocenters. The van der Waals surface area contributed by atoms with Crippen molar-refractivity contribution in [1.29, 1.82) is 0 Å². The van der Waals surface area contributed by atoms with Gasteiger partial charge in [-0.3, -0.25) is 0 Å². The van der Waals surface area contributed by atoms with Crippen LogP contribution >= 0.6 is 0 Å². The molecule has 0 N–H and O–H groups in total. The minimum atomic E-state index is -2.71. The van der Waals surface area contributed by atoms with Gasteiger partial charge in [-0.15, -0.1) is 0 Å². The highest BCUT2D eigenvalue weighted by Crippen LogP contribution is 2.29. The van der Waals surface area contributed by atoms with Gasteiger partial charge in [0.15, 0.2) is 0 Å². The highest BCUT2D eigenvalue weighted by Gasteiger charge is 2.35. The van der Waals surface area contributed by atoms with E-state index in [9.17, 15) is 13.4 Å². The first-order valence-electron chi connectivity index (χ1n) is 3.41. The van der Waals surface area contributed by atoms with E-state index < -0.39 is 11.1 Å². The largest absolute Gasteiger partial charge is 0.244 e. The van der Waals surface area contributed by atoms with Crippen molar-refractivity contribution in [1.82, 2.24) is 5.34 Å². The third kappa shape index (κ3) is 1.58.